The number of amides is 1. The Labute approximate surface area is 107 Å². The van der Waals surface area contributed by atoms with E-state index >= 15 is 0 Å². The minimum atomic E-state index is -0.118. The van der Waals surface area contributed by atoms with Crippen LogP contribution in [0.2, 0.25) is 5.02 Å². The molecule has 1 aromatic rings. The number of carbonyl (C=O) groups excluding carboxylic acids is 1. The van der Waals surface area contributed by atoms with Crippen LogP contribution in [0.25, 0.3) is 0 Å². The van der Waals surface area contributed by atoms with E-state index in [1.165, 1.54) is 0 Å². The molecule has 0 aliphatic carbocycles. The largest absolute Gasteiger partial charge is 0.348 e. The van der Waals surface area contributed by atoms with Gasteiger partial charge < -0.3 is 5.32 Å². The summed E-state index contributed by atoms with van der Waals surface area (Å²) in [5, 5.41) is 3.47. The molecule has 0 radical (unpaired) electrons. The van der Waals surface area contributed by atoms with E-state index in [-0.39, 0.29) is 11.9 Å². The van der Waals surface area contributed by atoms with E-state index in [9.17, 15) is 4.79 Å². The number of rotatable bonds is 4. The number of terminal acetylenes is 1. The summed E-state index contributed by atoms with van der Waals surface area (Å²) in [7, 11) is 0. The van der Waals surface area contributed by atoms with Gasteiger partial charge in [0.25, 0.3) is 5.91 Å². The van der Waals surface area contributed by atoms with Gasteiger partial charge in [0.2, 0.25) is 0 Å². The first kappa shape index (κ1) is 13.6. The molecule has 1 atom stereocenters. The standard InChI is InChI=1S/C14H16ClNO/c1-4-6-12(5-2)16-14(17)13-9-11(15)8-7-10(13)3/h1,7-9,12H,5-6H2,2-3H3,(H,16,17). The third kappa shape index (κ3) is 3.80. The monoisotopic (exact) mass is 249 g/mol. The fourth-order valence-electron chi connectivity index (χ4n) is 1.54. The summed E-state index contributed by atoms with van der Waals surface area (Å²) in [6, 6.07) is 5.30. The summed E-state index contributed by atoms with van der Waals surface area (Å²) in [6.07, 6.45) is 6.61. The SMILES string of the molecule is C#CCC(CC)NC(=O)c1cc(Cl)ccc1C. The summed E-state index contributed by atoms with van der Waals surface area (Å²) in [4.78, 5) is 12.0. The zero-order valence-electron chi connectivity index (χ0n) is 10.1. The van der Waals surface area contributed by atoms with Gasteiger partial charge in [0, 0.05) is 23.0 Å². The van der Waals surface area contributed by atoms with Crippen molar-refractivity contribution >= 4 is 17.5 Å². The quantitative estimate of drug-likeness (QED) is 0.816. The predicted molar refractivity (Wildman–Crippen MR) is 71.2 cm³/mol. The third-order valence-electron chi connectivity index (χ3n) is 2.64. The molecule has 1 aromatic carbocycles. The molecule has 0 heterocycles. The van der Waals surface area contributed by atoms with Gasteiger partial charge >= 0.3 is 0 Å². The van der Waals surface area contributed by atoms with Crippen molar-refractivity contribution in [2.75, 3.05) is 0 Å². The Kier molecular flexibility index (Phi) is 5.06. The first-order valence-electron chi connectivity index (χ1n) is 5.59. The summed E-state index contributed by atoms with van der Waals surface area (Å²) in [5.41, 5.74) is 1.51. The van der Waals surface area contributed by atoms with E-state index in [2.05, 4.69) is 11.2 Å². The molecule has 0 aromatic heterocycles. The van der Waals surface area contributed by atoms with Crippen molar-refractivity contribution in [1.82, 2.24) is 5.32 Å². The molecule has 0 saturated carbocycles. The molecule has 0 saturated heterocycles. The molecular formula is C14H16ClNO. The van der Waals surface area contributed by atoms with Crippen molar-refractivity contribution in [3.63, 3.8) is 0 Å². The Hall–Kier alpha value is -1.46. The topological polar surface area (TPSA) is 29.1 Å². The van der Waals surface area contributed by atoms with E-state index in [0.717, 1.165) is 12.0 Å². The number of hydrogen-bond donors (Lipinski definition) is 1. The van der Waals surface area contributed by atoms with E-state index in [1.54, 1.807) is 12.1 Å². The lowest BCUT2D eigenvalue weighted by Crippen LogP contribution is -2.34. The first-order chi connectivity index (χ1) is 8.08. The second kappa shape index (κ2) is 6.32. The maximum absolute atomic E-state index is 12.0. The van der Waals surface area contributed by atoms with Crippen molar-refractivity contribution in [3.05, 3.63) is 34.3 Å². The summed E-state index contributed by atoms with van der Waals surface area (Å²) >= 11 is 5.88. The van der Waals surface area contributed by atoms with Crippen LogP contribution in [0.4, 0.5) is 0 Å². The van der Waals surface area contributed by atoms with Gasteiger partial charge in [0.05, 0.1) is 0 Å². The van der Waals surface area contributed by atoms with Gasteiger partial charge in [-0.15, -0.1) is 12.3 Å². The summed E-state index contributed by atoms with van der Waals surface area (Å²) in [6.45, 7) is 3.88. The van der Waals surface area contributed by atoms with Gasteiger partial charge in [0.1, 0.15) is 0 Å². The molecule has 1 amide bonds. The third-order valence-corrected chi connectivity index (χ3v) is 2.87. The van der Waals surface area contributed by atoms with Crippen molar-refractivity contribution in [1.29, 1.82) is 0 Å². The van der Waals surface area contributed by atoms with E-state index < -0.39 is 0 Å². The van der Waals surface area contributed by atoms with E-state index in [1.807, 2.05) is 19.9 Å². The average Bonchev–Trinajstić information content (AvgIpc) is 2.31. The van der Waals surface area contributed by atoms with Crippen LogP contribution in [0.1, 0.15) is 35.7 Å². The van der Waals surface area contributed by atoms with Crippen LogP contribution in [0.15, 0.2) is 18.2 Å². The smallest absolute Gasteiger partial charge is 0.251 e. The highest BCUT2D eigenvalue weighted by Gasteiger charge is 2.13. The Balaban J connectivity index is 2.82. The van der Waals surface area contributed by atoms with Crippen LogP contribution in [0, 0.1) is 19.3 Å². The number of benzene rings is 1. The number of halogens is 1. The highest BCUT2D eigenvalue weighted by Crippen LogP contribution is 2.15. The molecule has 17 heavy (non-hydrogen) atoms. The Morgan fingerprint density at radius 2 is 2.29 bits per heavy atom. The van der Waals surface area contributed by atoms with Crippen LogP contribution in [0.5, 0.6) is 0 Å². The molecule has 3 heteroatoms. The molecule has 1 unspecified atom stereocenters. The van der Waals surface area contributed by atoms with Crippen molar-refractivity contribution in [2.45, 2.75) is 32.7 Å². The Bertz CT molecular complexity index is 448. The van der Waals surface area contributed by atoms with Crippen LogP contribution in [0.3, 0.4) is 0 Å². The molecule has 0 spiro atoms. The minimum absolute atomic E-state index is 0.0193. The average molecular weight is 250 g/mol. The van der Waals surface area contributed by atoms with Gasteiger partial charge in [-0.1, -0.05) is 24.6 Å². The number of hydrogen-bond acceptors (Lipinski definition) is 1. The zero-order chi connectivity index (χ0) is 12.8. The van der Waals surface area contributed by atoms with Crippen molar-refractivity contribution in [2.24, 2.45) is 0 Å². The maximum atomic E-state index is 12.0. The zero-order valence-corrected chi connectivity index (χ0v) is 10.8. The van der Waals surface area contributed by atoms with Crippen LogP contribution < -0.4 is 5.32 Å². The first-order valence-corrected chi connectivity index (χ1v) is 5.96. The maximum Gasteiger partial charge on any atom is 0.251 e. The van der Waals surface area contributed by atoms with Crippen molar-refractivity contribution < 1.29 is 4.79 Å². The fourth-order valence-corrected chi connectivity index (χ4v) is 1.71. The minimum Gasteiger partial charge on any atom is -0.348 e. The van der Waals surface area contributed by atoms with E-state index in [4.69, 9.17) is 18.0 Å². The van der Waals surface area contributed by atoms with Gasteiger partial charge in [-0.2, -0.15) is 0 Å². The van der Waals surface area contributed by atoms with Crippen LogP contribution in [-0.2, 0) is 0 Å². The lowest BCUT2D eigenvalue weighted by molar-refractivity contribution is 0.0936. The fraction of sp³-hybridized carbons (Fsp3) is 0.357. The lowest BCUT2D eigenvalue weighted by atomic mass is 10.1. The molecule has 0 aliphatic heterocycles. The second-order valence-corrected chi connectivity index (χ2v) is 4.38. The Morgan fingerprint density at radius 3 is 2.88 bits per heavy atom. The highest BCUT2D eigenvalue weighted by atomic mass is 35.5. The van der Waals surface area contributed by atoms with Gasteiger partial charge in [-0.25, -0.2) is 0 Å². The normalized spacial score (nSPS) is 11.6. The second-order valence-electron chi connectivity index (χ2n) is 3.95. The van der Waals surface area contributed by atoms with E-state index in [0.29, 0.717) is 17.0 Å². The molecule has 0 fully saturated rings. The molecule has 1 rings (SSSR count). The lowest BCUT2D eigenvalue weighted by Gasteiger charge is -2.15. The predicted octanol–water partition coefficient (Wildman–Crippen LogP) is 3.18. The number of nitrogens with one attached hydrogen (secondary N) is 1. The van der Waals surface area contributed by atoms with Crippen LogP contribution in [-0.4, -0.2) is 11.9 Å². The van der Waals surface area contributed by atoms with Crippen LogP contribution >= 0.6 is 11.6 Å². The van der Waals surface area contributed by atoms with Crippen molar-refractivity contribution in [3.8, 4) is 12.3 Å². The number of carbonyl (C=O) groups is 1. The van der Waals surface area contributed by atoms with Gasteiger partial charge in [-0.05, 0) is 31.0 Å². The summed E-state index contributed by atoms with van der Waals surface area (Å²) < 4.78 is 0. The Morgan fingerprint density at radius 1 is 1.59 bits per heavy atom. The molecule has 0 aliphatic rings. The molecule has 0 bridgehead atoms. The van der Waals surface area contributed by atoms with Gasteiger partial charge in [0.15, 0.2) is 0 Å². The summed E-state index contributed by atoms with van der Waals surface area (Å²) in [5.74, 6) is 2.44. The molecule has 2 nitrogen and oxygen atoms in total. The molecular weight excluding hydrogens is 234 g/mol. The molecule has 90 valence electrons. The molecule has 1 N–H and O–H groups in total. The highest BCUT2D eigenvalue weighted by molar-refractivity contribution is 6.31. The number of aryl methyl sites for hydroxylation is 1. The van der Waals surface area contributed by atoms with Gasteiger partial charge in [-0.3, -0.25) is 4.79 Å².